The quantitative estimate of drug-likeness (QED) is 0.756. The number of para-hydroxylation sites is 1. The number of anilines is 2. The van der Waals surface area contributed by atoms with Crippen LogP contribution < -0.4 is 5.32 Å². The molecule has 20 heavy (non-hydrogen) atoms. The standard InChI is InChI=1S/C16H17N3S/c1-2-13-8-11-20-15(13)12-19-10-9-17-16(19)18-14-6-4-3-5-7-14/h3-11H,2,12H2,1H3,(H,17,18). The maximum absolute atomic E-state index is 4.40. The lowest BCUT2D eigenvalue weighted by Crippen LogP contribution is -2.04. The summed E-state index contributed by atoms with van der Waals surface area (Å²) in [4.78, 5) is 5.81. The van der Waals surface area contributed by atoms with Gasteiger partial charge < -0.3 is 9.88 Å². The minimum atomic E-state index is 0.871. The minimum absolute atomic E-state index is 0.871. The van der Waals surface area contributed by atoms with E-state index in [4.69, 9.17) is 0 Å². The van der Waals surface area contributed by atoms with E-state index in [0.717, 1.165) is 24.6 Å². The molecular formula is C16H17N3S. The van der Waals surface area contributed by atoms with Gasteiger partial charge in [0.05, 0.1) is 6.54 Å². The number of thiophene rings is 1. The van der Waals surface area contributed by atoms with E-state index in [9.17, 15) is 0 Å². The normalized spacial score (nSPS) is 10.7. The highest BCUT2D eigenvalue weighted by molar-refractivity contribution is 7.10. The molecule has 0 atom stereocenters. The molecule has 0 aliphatic heterocycles. The van der Waals surface area contributed by atoms with E-state index in [1.54, 1.807) is 0 Å². The molecule has 3 aromatic rings. The number of nitrogens with zero attached hydrogens (tertiary/aromatic N) is 2. The van der Waals surface area contributed by atoms with E-state index in [1.807, 2.05) is 54.1 Å². The van der Waals surface area contributed by atoms with Gasteiger partial charge in [0.15, 0.2) is 0 Å². The fourth-order valence-corrected chi connectivity index (χ4v) is 3.16. The van der Waals surface area contributed by atoms with Crippen molar-refractivity contribution in [3.8, 4) is 0 Å². The Morgan fingerprint density at radius 2 is 2.05 bits per heavy atom. The van der Waals surface area contributed by atoms with Crippen LogP contribution in [-0.2, 0) is 13.0 Å². The first-order chi connectivity index (χ1) is 9.86. The van der Waals surface area contributed by atoms with E-state index in [1.165, 1.54) is 10.4 Å². The summed E-state index contributed by atoms with van der Waals surface area (Å²) in [5.41, 5.74) is 2.48. The Balaban J connectivity index is 1.80. The summed E-state index contributed by atoms with van der Waals surface area (Å²) in [6, 6.07) is 12.3. The van der Waals surface area contributed by atoms with Crippen LogP contribution in [-0.4, -0.2) is 9.55 Å². The third kappa shape index (κ3) is 2.75. The number of hydrogen-bond donors (Lipinski definition) is 1. The van der Waals surface area contributed by atoms with Crippen molar-refractivity contribution in [2.75, 3.05) is 5.32 Å². The molecule has 0 fully saturated rings. The molecule has 0 bridgehead atoms. The van der Waals surface area contributed by atoms with E-state index >= 15 is 0 Å². The SMILES string of the molecule is CCc1ccsc1Cn1ccnc1Nc1ccccc1. The number of aromatic nitrogens is 2. The Kier molecular flexibility index (Phi) is 3.83. The second-order valence-corrected chi connectivity index (χ2v) is 5.59. The van der Waals surface area contributed by atoms with Crippen molar-refractivity contribution in [2.24, 2.45) is 0 Å². The number of hydrogen-bond acceptors (Lipinski definition) is 3. The average molecular weight is 283 g/mol. The molecule has 3 rings (SSSR count). The van der Waals surface area contributed by atoms with Gasteiger partial charge in [-0.2, -0.15) is 0 Å². The maximum atomic E-state index is 4.40. The molecule has 0 amide bonds. The van der Waals surface area contributed by atoms with Gasteiger partial charge in [-0.25, -0.2) is 4.98 Å². The van der Waals surface area contributed by atoms with Crippen LogP contribution in [0.25, 0.3) is 0 Å². The second kappa shape index (κ2) is 5.92. The van der Waals surface area contributed by atoms with Gasteiger partial charge in [0.2, 0.25) is 5.95 Å². The van der Waals surface area contributed by atoms with Gasteiger partial charge in [-0.3, -0.25) is 0 Å². The zero-order chi connectivity index (χ0) is 13.8. The Morgan fingerprint density at radius 3 is 2.85 bits per heavy atom. The maximum Gasteiger partial charge on any atom is 0.207 e. The zero-order valence-electron chi connectivity index (χ0n) is 11.4. The van der Waals surface area contributed by atoms with Crippen LogP contribution >= 0.6 is 11.3 Å². The molecule has 0 unspecified atom stereocenters. The first-order valence-corrected chi connectivity index (χ1v) is 7.63. The summed E-state index contributed by atoms with van der Waals surface area (Å²) in [6.07, 6.45) is 4.93. The van der Waals surface area contributed by atoms with Crippen molar-refractivity contribution in [3.05, 3.63) is 64.6 Å². The van der Waals surface area contributed by atoms with Gasteiger partial charge >= 0.3 is 0 Å². The van der Waals surface area contributed by atoms with Crippen LogP contribution in [0.2, 0.25) is 0 Å². The lowest BCUT2D eigenvalue weighted by Gasteiger charge is -2.10. The van der Waals surface area contributed by atoms with Crippen LogP contribution in [0.3, 0.4) is 0 Å². The predicted molar refractivity (Wildman–Crippen MR) is 84.8 cm³/mol. The van der Waals surface area contributed by atoms with Crippen LogP contribution in [0, 0.1) is 0 Å². The summed E-state index contributed by atoms with van der Waals surface area (Å²) >= 11 is 1.81. The van der Waals surface area contributed by atoms with Crippen LogP contribution in [0.1, 0.15) is 17.4 Å². The Hall–Kier alpha value is -2.07. The summed E-state index contributed by atoms with van der Waals surface area (Å²) in [5.74, 6) is 0.881. The summed E-state index contributed by atoms with van der Waals surface area (Å²) in [6.45, 7) is 3.07. The minimum Gasteiger partial charge on any atom is -0.326 e. The van der Waals surface area contributed by atoms with Crippen LogP contribution in [0.5, 0.6) is 0 Å². The molecule has 102 valence electrons. The highest BCUT2D eigenvalue weighted by atomic mass is 32.1. The molecule has 1 aromatic carbocycles. The molecule has 2 heterocycles. The molecule has 0 saturated heterocycles. The lowest BCUT2D eigenvalue weighted by molar-refractivity contribution is 0.811. The van der Waals surface area contributed by atoms with E-state index in [2.05, 4.69) is 33.2 Å². The van der Waals surface area contributed by atoms with Gasteiger partial charge in [-0.05, 0) is 35.6 Å². The number of imidazole rings is 1. The smallest absolute Gasteiger partial charge is 0.207 e. The van der Waals surface area contributed by atoms with Crippen molar-refractivity contribution in [1.29, 1.82) is 0 Å². The van der Waals surface area contributed by atoms with Crippen molar-refractivity contribution in [2.45, 2.75) is 19.9 Å². The van der Waals surface area contributed by atoms with Crippen molar-refractivity contribution in [1.82, 2.24) is 9.55 Å². The summed E-state index contributed by atoms with van der Waals surface area (Å²) < 4.78 is 2.15. The van der Waals surface area contributed by atoms with E-state index < -0.39 is 0 Å². The van der Waals surface area contributed by atoms with Gasteiger partial charge in [0.1, 0.15) is 0 Å². The number of nitrogens with one attached hydrogen (secondary N) is 1. The number of aryl methyl sites for hydroxylation is 1. The van der Waals surface area contributed by atoms with Crippen molar-refractivity contribution >= 4 is 23.0 Å². The fourth-order valence-electron chi connectivity index (χ4n) is 2.19. The van der Waals surface area contributed by atoms with Crippen molar-refractivity contribution in [3.63, 3.8) is 0 Å². The molecule has 0 radical (unpaired) electrons. The Bertz CT molecular complexity index is 670. The molecule has 0 saturated carbocycles. The Labute approximate surface area is 122 Å². The van der Waals surface area contributed by atoms with Gasteiger partial charge in [-0.1, -0.05) is 25.1 Å². The molecule has 0 aliphatic rings. The van der Waals surface area contributed by atoms with Gasteiger partial charge in [-0.15, -0.1) is 11.3 Å². The number of benzene rings is 1. The molecule has 4 heteroatoms. The third-order valence-electron chi connectivity index (χ3n) is 3.28. The highest BCUT2D eigenvalue weighted by Crippen LogP contribution is 2.21. The molecule has 2 aromatic heterocycles. The van der Waals surface area contributed by atoms with E-state index in [0.29, 0.717) is 0 Å². The van der Waals surface area contributed by atoms with Crippen LogP contribution in [0.4, 0.5) is 11.6 Å². The third-order valence-corrected chi connectivity index (χ3v) is 4.23. The monoisotopic (exact) mass is 283 g/mol. The molecule has 3 nitrogen and oxygen atoms in total. The average Bonchev–Trinajstić information content (AvgIpc) is 3.10. The first kappa shape index (κ1) is 12.9. The molecule has 1 N–H and O–H groups in total. The van der Waals surface area contributed by atoms with E-state index in [-0.39, 0.29) is 0 Å². The molecule has 0 spiro atoms. The lowest BCUT2D eigenvalue weighted by atomic mass is 10.2. The van der Waals surface area contributed by atoms with Crippen LogP contribution in [0.15, 0.2) is 54.2 Å². The predicted octanol–water partition coefficient (Wildman–Crippen LogP) is 4.30. The highest BCUT2D eigenvalue weighted by Gasteiger charge is 2.07. The zero-order valence-corrected chi connectivity index (χ0v) is 12.2. The number of rotatable bonds is 5. The fraction of sp³-hybridized carbons (Fsp3) is 0.188. The topological polar surface area (TPSA) is 29.9 Å². The molecule has 0 aliphatic carbocycles. The Morgan fingerprint density at radius 1 is 1.20 bits per heavy atom. The van der Waals surface area contributed by atoms with Crippen molar-refractivity contribution < 1.29 is 0 Å². The first-order valence-electron chi connectivity index (χ1n) is 6.75. The van der Waals surface area contributed by atoms with Gasteiger partial charge in [0, 0.05) is 23.0 Å². The van der Waals surface area contributed by atoms with Gasteiger partial charge in [0.25, 0.3) is 0 Å². The molecular weight excluding hydrogens is 266 g/mol. The largest absolute Gasteiger partial charge is 0.326 e. The second-order valence-electron chi connectivity index (χ2n) is 4.59. The summed E-state index contributed by atoms with van der Waals surface area (Å²) in [7, 11) is 0. The summed E-state index contributed by atoms with van der Waals surface area (Å²) in [5, 5.41) is 5.52.